The topological polar surface area (TPSA) is 52.7 Å². The van der Waals surface area contributed by atoms with Gasteiger partial charge in [0.15, 0.2) is 0 Å². The maximum absolute atomic E-state index is 13.9. The summed E-state index contributed by atoms with van der Waals surface area (Å²) in [5.41, 5.74) is 0. The number of carbonyl (C=O) groups is 2. The van der Waals surface area contributed by atoms with Gasteiger partial charge in [0, 0.05) is 19.5 Å². The molecule has 2 amide bonds. The van der Waals surface area contributed by atoms with Crippen molar-refractivity contribution in [2.75, 3.05) is 33.7 Å². The minimum absolute atomic E-state index is 0.112. The molecule has 0 radical (unpaired) electrons. The van der Waals surface area contributed by atoms with Gasteiger partial charge < -0.3 is 15.1 Å². The van der Waals surface area contributed by atoms with E-state index in [1.165, 1.54) is 161 Å². The molecule has 1 aliphatic carbocycles. The summed E-state index contributed by atoms with van der Waals surface area (Å²) in [4.78, 5) is 32.1. The van der Waals surface area contributed by atoms with Crippen LogP contribution in [-0.4, -0.2) is 61.4 Å². The fourth-order valence-corrected chi connectivity index (χ4v) is 8.26. The quantitative estimate of drug-likeness (QED) is 0.0504. The second kappa shape index (κ2) is 38.3. The average Bonchev–Trinajstić information content (AvgIpc) is 3.17. The fourth-order valence-electron chi connectivity index (χ4n) is 8.26. The Kier molecular flexibility index (Phi) is 35.7. The number of carbonyl (C=O) groups excluding carboxylic acids is 2. The van der Waals surface area contributed by atoms with Crippen LogP contribution in [-0.2, 0) is 9.59 Å². The van der Waals surface area contributed by atoms with Crippen molar-refractivity contribution in [3.63, 3.8) is 0 Å². The fraction of sp³-hybridized carbons (Fsp3) is 0.878. The molecule has 1 N–H and O–H groups in total. The SMILES string of the molecule is CCCCC/C=C\C/C=C\CCCCCCCC(=O)N(CCCN(C)C)C(C(=O)NCCCCCCCCCCCCCCCCCC)C1CCCCC1. The van der Waals surface area contributed by atoms with Crippen molar-refractivity contribution >= 4 is 11.8 Å². The van der Waals surface area contributed by atoms with Gasteiger partial charge >= 0.3 is 0 Å². The van der Waals surface area contributed by atoms with Gasteiger partial charge in [-0.15, -0.1) is 0 Å². The Morgan fingerprint density at radius 1 is 0.556 bits per heavy atom. The first-order chi connectivity index (χ1) is 26.5. The predicted octanol–water partition coefficient (Wildman–Crippen LogP) is 13.9. The first-order valence-electron chi connectivity index (χ1n) is 24.0. The van der Waals surface area contributed by atoms with E-state index in [1.807, 2.05) is 4.90 Å². The number of hydrogen-bond donors (Lipinski definition) is 1. The van der Waals surface area contributed by atoms with Gasteiger partial charge in [0.25, 0.3) is 0 Å². The van der Waals surface area contributed by atoms with Crippen molar-refractivity contribution in [3.8, 4) is 0 Å². The van der Waals surface area contributed by atoms with Crippen LogP contribution in [0.1, 0.15) is 232 Å². The molecule has 1 atom stereocenters. The van der Waals surface area contributed by atoms with Crippen LogP contribution in [0.4, 0.5) is 0 Å². The largest absolute Gasteiger partial charge is 0.354 e. The summed E-state index contributed by atoms with van der Waals surface area (Å²) in [6, 6.07) is -0.306. The smallest absolute Gasteiger partial charge is 0.243 e. The molecule has 1 saturated carbocycles. The van der Waals surface area contributed by atoms with Gasteiger partial charge in [-0.3, -0.25) is 9.59 Å². The van der Waals surface area contributed by atoms with Crippen molar-refractivity contribution < 1.29 is 9.59 Å². The third-order valence-corrected chi connectivity index (χ3v) is 11.7. The van der Waals surface area contributed by atoms with E-state index in [1.54, 1.807) is 0 Å². The molecule has 0 saturated heterocycles. The summed E-state index contributed by atoms with van der Waals surface area (Å²) in [5.74, 6) is 0.603. The zero-order chi connectivity index (χ0) is 39.2. The first kappa shape index (κ1) is 50.4. The number of allylic oxidation sites excluding steroid dienone is 4. The van der Waals surface area contributed by atoms with E-state index in [4.69, 9.17) is 0 Å². The van der Waals surface area contributed by atoms with Crippen molar-refractivity contribution in [1.82, 2.24) is 15.1 Å². The molecule has 54 heavy (non-hydrogen) atoms. The summed E-state index contributed by atoms with van der Waals surface area (Å²) in [7, 11) is 4.19. The van der Waals surface area contributed by atoms with Crippen molar-refractivity contribution in [1.29, 1.82) is 0 Å². The van der Waals surface area contributed by atoms with E-state index in [0.717, 1.165) is 64.5 Å². The van der Waals surface area contributed by atoms with Crippen LogP contribution in [0.5, 0.6) is 0 Å². The summed E-state index contributed by atoms with van der Waals surface area (Å²) in [5, 5.41) is 3.33. The molecular weight excluding hydrogens is 663 g/mol. The van der Waals surface area contributed by atoms with Gasteiger partial charge in [0.2, 0.25) is 11.8 Å². The second-order valence-corrected chi connectivity index (χ2v) is 17.2. The van der Waals surface area contributed by atoms with Crippen molar-refractivity contribution in [2.24, 2.45) is 5.92 Å². The molecule has 0 aromatic rings. The van der Waals surface area contributed by atoms with E-state index in [0.29, 0.717) is 13.0 Å². The normalized spacial score (nSPS) is 14.5. The average molecular weight is 756 g/mol. The summed E-state index contributed by atoms with van der Waals surface area (Å²) < 4.78 is 0. The molecule has 0 spiro atoms. The molecule has 0 aliphatic heterocycles. The highest BCUT2D eigenvalue weighted by molar-refractivity contribution is 5.88. The first-order valence-corrected chi connectivity index (χ1v) is 24.0. The number of nitrogens with one attached hydrogen (secondary N) is 1. The van der Waals surface area contributed by atoms with Gasteiger partial charge in [-0.25, -0.2) is 0 Å². The van der Waals surface area contributed by atoms with Gasteiger partial charge in [-0.05, 0) is 90.8 Å². The van der Waals surface area contributed by atoms with Gasteiger partial charge in [-0.2, -0.15) is 0 Å². The number of unbranched alkanes of at least 4 members (excludes halogenated alkanes) is 23. The highest BCUT2D eigenvalue weighted by atomic mass is 16.2. The molecule has 5 heteroatoms. The third kappa shape index (κ3) is 29.6. The van der Waals surface area contributed by atoms with Crippen molar-refractivity contribution in [2.45, 2.75) is 238 Å². The summed E-state index contributed by atoms with van der Waals surface area (Å²) in [6.07, 6.45) is 51.2. The number of hydrogen-bond acceptors (Lipinski definition) is 3. The summed E-state index contributed by atoms with van der Waals surface area (Å²) >= 11 is 0. The maximum atomic E-state index is 13.9. The van der Waals surface area contributed by atoms with Crippen molar-refractivity contribution in [3.05, 3.63) is 24.3 Å². The molecular formula is C49H93N3O2. The van der Waals surface area contributed by atoms with Crippen LogP contribution < -0.4 is 5.32 Å². The Hall–Kier alpha value is -1.62. The van der Waals surface area contributed by atoms with E-state index in [9.17, 15) is 9.59 Å². The van der Waals surface area contributed by atoms with E-state index >= 15 is 0 Å². The standard InChI is InChI=1S/C49H93N3O2/c1-5-7-9-11-13-15-17-19-21-23-25-27-29-31-33-38-43-50-49(54)48(46-40-35-34-36-41-46)52(45-39-44-51(3)4)47(53)42-37-32-30-28-26-24-22-20-18-16-14-12-10-8-6-2/h14,16,20,22,46,48H,5-13,15,17-19,21,23-45H2,1-4H3,(H,50,54)/b16-14-,22-20-. The predicted molar refractivity (Wildman–Crippen MR) is 237 cm³/mol. The molecule has 0 bridgehead atoms. The summed E-state index contributed by atoms with van der Waals surface area (Å²) in [6.45, 7) is 6.91. The molecule has 1 rings (SSSR count). The minimum atomic E-state index is -0.306. The zero-order valence-corrected chi connectivity index (χ0v) is 36.8. The lowest BCUT2D eigenvalue weighted by Crippen LogP contribution is -2.54. The van der Waals surface area contributed by atoms with Gasteiger partial charge in [0.05, 0.1) is 0 Å². The Bertz CT molecular complexity index is 893. The molecule has 316 valence electrons. The molecule has 0 aromatic heterocycles. The Morgan fingerprint density at radius 2 is 1.02 bits per heavy atom. The van der Waals surface area contributed by atoms with E-state index in [2.05, 4.69) is 62.5 Å². The maximum Gasteiger partial charge on any atom is 0.243 e. The molecule has 5 nitrogen and oxygen atoms in total. The number of amides is 2. The third-order valence-electron chi connectivity index (χ3n) is 11.7. The number of rotatable bonds is 38. The molecule has 1 unspecified atom stereocenters. The van der Waals surface area contributed by atoms with E-state index < -0.39 is 0 Å². The molecule has 1 fully saturated rings. The Morgan fingerprint density at radius 3 is 1.56 bits per heavy atom. The lowest BCUT2D eigenvalue weighted by molar-refractivity contribution is -0.143. The lowest BCUT2D eigenvalue weighted by Gasteiger charge is -2.38. The van der Waals surface area contributed by atoms with E-state index in [-0.39, 0.29) is 23.8 Å². The molecule has 0 heterocycles. The lowest BCUT2D eigenvalue weighted by atomic mass is 9.82. The molecule has 0 aromatic carbocycles. The van der Waals surface area contributed by atoms with Crippen LogP contribution in [0, 0.1) is 5.92 Å². The number of nitrogens with zero attached hydrogens (tertiary/aromatic N) is 2. The highest BCUT2D eigenvalue weighted by Crippen LogP contribution is 2.30. The van der Waals surface area contributed by atoms with Crippen LogP contribution in [0.15, 0.2) is 24.3 Å². The molecule has 1 aliphatic rings. The Balaban J connectivity index is 2.41. The van der Waals surface area contributed by atoms with Gasteiger partial charge in [0.1, 0.15) is 6.04 Å². The van der Waals surface area contributed by atoms with Crippen LogP contribution in [0.2, 0.25) is 0 Å². The van der Waals surface area contributed by atoms with Gasteiger partial charge in [-0.1, -0.05) is 186 Å². The zero-order valence-electron chi connectivity index (χ0n) is 36.8. The Labute approximate surface area is 337 Å². The monoisotopic (exact) mass is 756 g/mol. The van der Waals surface area contributed by atoms with Crippen LogP contribution in [0.3, 0.4) is 0 Å². The second-order valence-electron chi connectivity index (χ2n) is 17.2. The highest BCUT2D eigenvalue weighted by Gasteiger charge is 2.36. The van der Waals surface area contributed by atoms with Crippen LogP contribution >= 0.6 is 0 Å². The minimum Gasteiger partial charge on any atom is -0.354 e. The van der Waals surface area contributed by atoms with Crippen LogP contribution in [0.25, 0.3) is 0 Å².